The lowest BCUT2D eigenvalue weighted by molar-refractivity contribution is 0.0593. The van der Waals surface area contributed by atoms with Crippen molar-refractivity contribution in [1.82, 2.24) is 9.78 Å². The van der Waals surface area contributed by atoms with Crippen LogP contribution >= 0.6 is 0 Å². The minimum Gasteiger partial charge on any atom is -0.464 e. The number of hydrogen-bond donors (Lipinski definition) is 2. The molecule has 3 N–H and O–H groups in total. The van der Waals surface area contributed by atoms with E-state index in [4.69, 9.17) is 5.84 Å². The number of ether oxygens (including phenoxy) is 1. The van der Waals surface area contributed by atoms with Crippen LogP contribution in [0.3, 0.4) is 0 Å². The lowest BCUT2D eigenvalue weighted by atomic mass is 10.3. The van der Waals surface area contributed by atoms with Crippen LogP contribution in [0.1, 0.15) is 10.5 Å². The highest BCUT2D eigenvalue weighted by Crippen LogP contribution is 2.11. The number of esters is 1. The van der Waals surface area contributed by atoms with Crippen LogP contribution < -0.4 is 16.8 Å². The number of hydrazine groups is 1. The van der Waals surface area contributed by atoms with E-state index in [2.05, 4.69) is 15.3 Å². The SMILES string of the molecule is COC(=O)c1nn(-c2ccccc2)c(=O)cc1NN. The van der Waals surface area contributed by atoms with Crippen molar-refractivity contribution in [3.05, 3.63) is 52.4 Å². The minimum atomic E-state index is -0.683. The number of nitrogen functional groups attached to an aromatic ring is 1. The maximum Gasteiger partial charge on any atom is 0.360 e. The Hall–Kier alpha value is -2.67. The first-order valence-electron chi connectivity index (χ1n) is 5.42. The second-order valence-corrected chi connectivity index (χ2v) is 3.63. The fourth-order valence-electron chi connectivity index (χ4n) is 1.57. The Morgan fingerprint density at radius 1 is 1.37 bits per heavy atom. The van der Waals surface area contributed by atoms with E-state index in [0.717, 1.165) is 4.68 Å². The first-order valence-corrected chi connectivity index (χ1v) is 5.42. The largest absolute Gasteiger partial charge is 0.464 e. The second kappa shape index (κ2) is 5.32. The van der Waals surface area contributed by atoms with E-state index in [9.17, 15) is 9.59 Å². The quantitative estimate of drug-likeness (QED) is 0.468. The van der Waals surface area contributed by atoms with Crippen molar-refractivity contribution >= 4 is 11.7 Å². The topological polar surface area (TPSA) is 99.2 Å². The molecule has 0 aliphatic heterocycles. The molecule has 7 nitrogen and oxygen atoms in total. The van der Waals surface area contributed by atoms with Gasteiger partial charge in [0.15, 0.2) is 5.69 Å². The Kier molecular flexibility index (Phi) is 3.58. The third kappa shape index (κ3) is 2.45. The van der Waals surface area contributed by atoms with E-state index >= 15 is 0 Å². The van der Waals surface area contributed by atoms with Gasteiger partial charge in [-0.2, -0.15) is 9.78 Å². The van der Waals surface area contributed by atoms with E-state index in [1.54, 1.807) is 24.3 Å². The number of hydrogen-bond acceptors (Lipinski definition) is 6. The maximum absolute atomic E-state index is 11.9. The smallest absolute Gasteiger partial charge is 0.360 e. The summed E-state index contributed by atoms with van der Waals surface area (Å²) in [7, 11) is 1.22. The van der Waals surface area contributed by atoms with Crippen LogP contribution in [0.15, 0.2) is 41.2 Å². The van der Waals surface area contributed by atoms with E-state index in [1.165, 1.54) is 13.2 Å². The summed E-state index contributed by atoms with van der Waals surface area (Å²) in [5.74, 6) is 4.57. The molecule has 0 atom stereocenters. The molecule has 19 heavy (non-hydrogen) atoms. The van der Waals surface area contributed by atoms with E-state index < -0.39 is 11.5 Å². The third-order valence-electron chi connectivity index (χ3n) is 2.47. The van der Waals surface area contributed by atoms with Crippen LogP contribution in [0.4, 0.5) is 5.69 Å². The van der Waals surface area contributed by atoms with Crippen molar-refractivity contribution in [2.75, 3.05) is 12.5 Å². The molecule has 0 unspecified atom stereocenters. The van der Waals surface area contributed by atoms with Gasteiger partial charge in [-0.05, 0) is 12.1 Å². The molecule has 0 saturated carbocycles. The van der Waals surface area contributed by atoms with Gasteiger partial charge in [-0.3, -0.25) is 10.6 Å². The standard InChI is InChI=1S/C12H12N4O3/c1-19-12(18)11-9(14-13)7-10(17)16(15-11)8-5-3-2-4-6-8/h2-7,14H,13H2,1H3. The number of methoxy groups -OCH3 is 1. The molecule has 0 aliphatic carbocycles. The number of aromatic nitrogens is 2. The Morgan fingerprint density at radius 3 is 2.63 bits per heavy atom. The number of carbonyl (C=O) groups excluding carboxylic acids is 1. The predicted molar refractivity (Wildman–Crippen MR) is 69.0 cm³/mol. The van der Waals surface area contributed by atoms with Gasteiger partial charge in [0.25, 0.3) is 5.56 Å². The number of benzene rings is 1. The molecule has 2 aromatic rings. The molecule has 0 fully saturated rings. The maximum atomic E-state index is 11.9. The molecule has 0 radical (unpaired) electrons. The predicted octanol–water partition coefficient (Wildman–Crippen LogP) is 0.305. The zero-order valence-corrected chi connectivity index (χ0v) is 10.2. The summed E-state index contributed by atoms with van der Waals surface area (Å²) < 4.78 is 5.70. The van der Waals surface area contributed by atoms with Crippen LogP contribution in [0.25, 0.3) is 5.69 Å². The Labute approximate surface area is 108 Å². The highest BCUT2D eigenvalue weighted by molar-refractivity contribution is 5.93. The van der Waals surface area contributed by atoms with Crippen molar-refractivity contribution in [3.63, 3.8) is 0 Å². The van der Waals surface area contributed by atoms with Crippen molar-refractivity contribution in [1.29, 1.82) is 0 Å². The molecule has 0 bridgehead atoms. The lowest BCUT2D eigenvalue weighted by Gasteiger charge is -2.09. The molecule has 1 heterocycles. The Morgan fingerprint density at radius 2 is 2.05 bits per heavy atom. The minimum absolute atomic E-state index is 0.0616. The summed E-state index contributed by atoms with van der Waals surface area (Å²) in [5.41, 5.74) is 2.44. The summed E-state index contributed by atoms with van der Waals surface area (Å²) in [6.45, 7) is 0. The van der Waals surface area contributed by atoms with Crippen LogP contribution in [0.2, 0.25) is 0 Å². The number of anilines is 1. The molecular formula is C12H12N4O3. The summed E-state index contributed by atoms with van der Waals surface area (Å²) in [4.78, 5) is 23.5. The fourth-order valence-corrected chi connectivity index (χ4v) is 1.57. The van der Waals surface area contributed by atoms with Crippen LogP contribution in [0, 0.1) is 0 Å². The number of nitrogens with zero attached hydrogens (tertiary/aromatic N) is 2. The molecule has 0 aliphatic rings. The number of rotatable bonds is 3. The van der Waals surface area contributed by atoms with Crippen LogP contribution in [0.5, 0.6) is 0 Å². The fraction of sp³-hybridized carbons (Fsp3) is 0.0833. The molecular weight excluding hydrogens is 248 g/mol. The van der Waals surface area contributed by atoms with E-state index in [1.807, 2.05) is 6.07 Å². The average Bonchev–Trinajstić information content (AvgIpc) is 2.47. The second-order valence-electron chi connectivity index (χ2n) is 3.63. The zero-order valence-electron chi connectivity index (χ0n) is 10.2. The molecule has 0 amide bonds. The van der Waals surface area contributed by atoms with Gasteiger partial charge in [-0.15, -0.1) is 0 Å². The van der Waals surface area contributed by atoms with Crippen LogP contribution in [-0.2, 0) is 4.74 Å². The Bertz CT molecular complexity index is 652. The highest BCUT2D eigenvalue weighted by atomic mass is 16.5. The molecule has 1 aromatic heterocycles. The van der Waals surface area contributed by atoms with Crippen molar-refractivity contribution in [3.8, 4) is 5.69 Å². The average molecular weight is 260 g/mol. The van der Waals surface area contributed by atoms with Gasteiger partial charge in [-0.1, -0.05) is 18.2 Å². The van der Waals surface area contributed by atoms with Crippen molar-refractivity contribution in [2.45, 2.75) is 0 Å². The number of nitrogens with two attached hydrogens (primary N) is 1. The van der Waals surface area contributed by atoms with Crippen molar-refractivity contribution in [2.24, 2.45) is 5.84 Å². The molecule has 7 heteroatoms. The highest BCUT2D eigenvalue weighted by Gasteiger charge is 2.16. The number of para-hydroxylation sites is 1. The van der Waals surface area contributed by atoms with E-state index in [-0.39, 0.29) is 11.4 Å². The number of carbonyl (C=O) groups is 1. The van der Waals surface area contributed by atoms with Gasteiger partial charge >= 0.3 is 5.97 Å². The van der Waals surface area contributed by atoms with Gasteiger partial charge in [0.05, 0.1) is 18.5 Å². The monoisotopic (exact) mass is 260 g/mol. The summed E-state index contributed by atoms with van der Waals surface area (Å²) in [5, 5.41) is 3.97. The number of nitrogens with one attached hydrogen (secondary N) is 1. The summed E-state index contributed by atoms with van der Waals surface area (Å²) >= 11 is 0. The lowest BCUT2D eigenvalue weighted by Crippen LogP contribution is -2.26. The Balaban J connectivity index is 2.64. The summed E-state index contributed by atoms with van der Waals surface area (Å²) in [6.07, 6.45) is 0. The van der Waals surface area contributed by atoms with Gasteiger partial charge in [0.1, 0.15) is 0 Å². The zero-order chi connectivity index (χ0) is 13.8. The summed E-state index contributed by atoms with van der Waals surface area (Å²) in [6, 6.07) is 9.92. The molecule has 0 saturated heterocycles. The first kappa shape index (κ1) is 12.8. The van der Waals surface area contributed by atoms with Crippen LogP contribution in [-0.4, -0.2) is 22.9 Å². The van der Waals surface area contributed by atoms with Gasteiger partial charge < -0.3 is 10.2 Å². The van der Waals surface area contributed by atoms with E-state index in [0.29, 0.717) is 5.69 Å². The molecule has 2 rings (SSSR count). The molecule has 98 valence electrons. The normalized spacial score (nSPS) is 10.0. The third-order valence-corrected chi connectivity index (χ3v) is 2.47. The van der Waals surface area contributed by atoms with Gasteiger partial charge in [0, 0.05) is 6.07 Å². The molecule has 0 spiro atoms. The van der Waals surface area contributed by atoms with Gasteiger partial charge in [-0.25, -0.2) is 4.79 Å². The van der Waals surface area contributed by atoms with Crippen molar-refractivity contribution < 1.29 is 9.53 Å². The molecule has 1 aromatic carbocycles. The first-order chi connectivity index (χ1) is 9.17. The van der Waals surface area contributed by atoms with Gasteiger partial charge in [0.2, 0.25) is 0 Å².